The summed E-state index contributed by atoms with van der Waals surface area (Å²) in [5, 5.41) is 0.431. The van der Waals surface area contributed by atoms with Gasteiger partial charge in [0.25, 0.3) is 5.91 Å². The summed E-state index contributed by atoms with van der Waals surface area (Å²) < 4.78 is 0. The summed E-state index contributed by atoms with van der Waals surface area (Å²) in [6.45, 7) is 2.93. The van der Waals surface area contributed by atoms with Crippen molar-refractivity contribution < 1.29 is 4.79 Å². The molecular formula is C13H16BrClN2O. The van der Waals surface area contributed by atoms with Gasteiger partial charge in [-0.15, -0.1) is 0 Å². The third-order valence-electron chi connectivity index (χ3n) is 3.24. The molecule has 2 rings (SSSR count). The van der Waals surface area contributed by atoms with E-state index in [4.69, 9.17) is 11.6 Å². The molecule has 0 N–H and O–H groups in total. The van der Waals surface area contributed by atoms with Crippen LogP contribution in [-0.2, 0) is 0 Å². The van der Waals surface area contributed by atoms with Crippen LogP contribution in [0.4, 0.5) is 0 Å². The molecule has 2 atom stereocenters. The number of carbonyl (C=O) groups excluding carboxylic acids is 1. The van der Waals surface area contributed by atoms with Crippen molar-refractivity contribution in [3.05, 3.63) is 29.0 Å². The van der Waals surface area contributed by atoms with Gasteiger partial charge in [0.1, 0.15) is 0 Å². The molecule has 0 saturated carbocycles. The second-order valence-corrected chi connectivity index (χ2v) is 6.64. The Bertz CT molecular complexity index is 439. The Hall–Kier alpha value is -0.610. The molecule has 2 unspecified atom stereocenters. The van der Waals surface area contributed by atoms with Crippen LogP contribution in [0.25, 0.3) is 0 Å². The number of likely N-dealkylation sites (tertiary alicyclic amines) is 1. The zero-order chi connectivity index (χ0) is 13.1. The summed E-state index contributed by atoms with van der Waals surface area (Å²) in [5.41, 5.74) is 0.556. The highest BCUT2D eigenvalue weighted by Crippen LogP contribution is 2.27. The molecule has 1 saturated heterocycles. The van der Waals surface area contributed by atoms with Crippen molar-refractivity contribution in [2.75, 3.05) is 6.54 Å². The van der Waals surface area contributed by atoms with Crippen molar-refractivity contribution in [2.24, 2.45) is 0 Å². The van der Waals surface area contributed by atoms with E-state index in [2.05, 4.69) is 27.8 Å². The molecule has 1 amide bonds. The van der Waals surface area contributed by atoms with E-state index in [1.54, 1.807) is 12.3 Å². The number of amides is 1. The number of halogens is 2. The van der Waals surface area contributed by atoms with Gasteiger partial charge in [0.15, 0.2) is 0 Å². The lowest BCUT2D eigenvalue weighted by molar-refractivity contribution is 0.0731. The first-order chi connectivity index (χ1) is 8.59. The van der Waals surface area contributed by atoms with E-state index in [9.17, 15) is 4.79 Å². The zero-order valence-corrected chi connectivity index (χ0v) is 12.6. The predicted molar refractivity (Wildman–Crippen MR) is 76.3 cm³/mol. The Kier molecular flexibility index (Phi) is 4.62. The van der Waals surface area contributed by atoms with E-state index in [1.165, 1.54) is 6.20 Å². The van der Waals surface area contributed by atoms with Crippen LogP contribution < -0.4 is 0 Å². The minimum absolute atomic E-state index is 0.0260. The largest absolute Gasteiger partial charge is 0.336 e. The second-order valence-electron chi connectivity index (χ2n) is 4.67. The molecule has 1 aromatic rings. The maximum absolute atomic E-state index is 12.5. The van der Waals surface area contributed by atoms with Crippen LogP contribution in [0.1, 0.15) is 36.5 Å². The monoisotopic (exact) mass is 330 g/mol. The summed E-state index contributed by atoms with van der Waals surface area (Å²) in [5.74, 6) is 0.0260. The van der Waals surface area contributed by atoms with Gasteiger partial charge < -0.3 is 4.90 Å². The topological polar surface area (TPSA) is 33.2 Å². The fourth-order valence-corrected chi connectivity index (χ4v) is 3.06. The average molecular weight is 332 g/mol. The maximum Gasteiger partial charge on any atom is 0.255 e. The summed E-state index contributed by atoms with van der Waals surface area (Å²) in [6.07, 6.45) is 6.25. The summed E-state index contributed by atoms with van der Waals surface area (Å²) in [4.78, 5) is 18.7. The molecule has 1 aliphatic rings. The highest BCUT2D eigenvalue weighted by Gasteiger charge is 2.30. The van der Waals surface area contributed by atoms with Gasteiger partial charge in [-0.1, -0.05) is 34.5 Å². The van der Waals surface area contributed by atoms with Crippen LogP contribution in [0, 0.1) is 0 Å². The molecule has 1 aliphatic heterocycles. The fraction of sp³-hybridized carbons (Fsp3) is 0.538. The van der Waals surface area contributed by atoms with Crippen LogP contribution in [0.15, 0.2) is 18.5 Å². The Morgan fingerprint density at radius 3 is 3.17 bits per heavy atom. The molecule has 1 aromatic heterocycles. The smallest absolute Gasteiger partial charge is 0.255 e. The lowest BCUT2D eigenvalue weighted by Crippen LogP contribution is -2.36. The molecule has 0 aliphatic carbocycles. The minimum Gasteiger partial charge on any atom is -0.336 e. The molecule has 0 radical (unpaired) electrons. The van der Waals surface area contributed by atoms with Gasteiger partial charge in [-0.2, -0.15) is 0 Å². The van der Waals surface area contributed by atoms with Crippen molar-refractivity contribution in [2.45, 2.75) is 37.1 Å². The highest BCUT2D eigenvalue weighted by atomic mass is 79.9. The minimum atomic E-state index is 0.0260. The molecule has 18 heavy (non-hydrogen) atoms. The fourth-order valence-electron chi connectivity index (χ4n) is 2.43. The van der Waals surface area contributed by atoms with Crippen molar-refractivity contribution in [1.82, 2.24) is 9.88 Å². The normalized spacial score (nSPS) is 21.1. The third-order valence-corrected chi connectivity index (χ3v) is 3.91. The number of pyridine rings is 1. The first-order valence-corrected chi connectivity index (χ1v) is 7.43. The van der Waals surface area contributed by atoms with Gasteiger partial charge >= 0.3 is 0 Å². The predicted octanol–water partition coefficient (Wildman–Crippen LogP) is 3.51. The van der Waals surface area contributed by atoms with Gasteiger partial charge in [0.2, 0.25) is 0 Å². The van der Waals surface area contributed by atoms with Crippen LogP contribution in [0.2, 0.25) is 5.02 Å². The van der Waals surface area contributed by atoms with E-state index >= 15 is 0 Å². The summed E-state index contributed by atoms with van der Waals surface area (Å²) >= 11 is 9.59. The second kappa shape index (κ2) is 6.02. The molecule has 2 heterocycles. The Labute approximate surface area is 121 Å². The molecule has 0 bridgehead atoms. The quantitative estimate of drug-likeness (QED) is 0.794. The molecule has 5 heteroatoms. The number of carbonyl (C=O) groups is 1. The summed E-state index contributed by atoms with van der Waals surface area (Å²) in [6, 6.07) is 2.01. The van der Waals surface area contributed by atoms with Crippen molar-refractivity contribution in [1.29, 1.82) is 0 Å². The SMILES string of the molecule is CC(Br)CC1CCCN1C(=O)c1ccncc1Cl. The van der Waals surface area contributed by atoms with Crippen LogP contribution in [0.3, 0.4) is 0 Å². The number of hydrogen-bond donors (Lipinski definition) is 0. The first-order valence-electron chi connectivity index (χ1n) is 6.14. The Balaban J connectivity index is 2.15. The van der Waals surface area contributed by atoms with Gasteiger partial charge in [-0.05, 0) is 25.3 Å². The molecular weight excluding hydrogens is 316 g/mol. The van der Waals surface area contributed by atoms with Gasteiger partial charge in [0.05, 0.1) is 10.6 Å². The number of nitrogens with zero attached hydrogens (tertiary/aromatic N) is 2. The summed E-state index contributed by atoms with van der Waals surface area (Å²) in [7, 11) is 0. The van der Waals surface area contributed by atoms with E-state index < -0.39 is 0 Å². The van der Waals surface area contributed by atoms with Gasteiger partial charge in [-0.25, -0.2) is 0 Å². The number of alkyl halides is 1. The Morgan fingerprint density at radius 2 is 2.50 bits per heavy atom. The average Bonchev–Trinajstić information content (AvgIpc) is 2.76. The molecule has 0 spiro atoms. The molecule has 1 fully saturated rings. The van der Waals surface area contributed by atoms with Gasteiger partial charge in [-0.3, -0.25) is 9.78 Å². The molecule has 0 aromatic carbocycles. The highest BCUT2D eigenvalue weighted by molar-refractivity contribution is 9.09. The van der Waals surface area contributed by atoms with Crippen LogP contribution in [-0.4, -0.2) is 33.2 Å². The molecule has 3 nitrogen and oxygen atoms in total. The van der Waals surface area contributed by atoms with Crippen LogP contribution in [0.5, 0.6) is 0 Å². The lowest BCUT2D eigenvalue weighted by atomic mass is 10.1. The zero-order valence-electron chi connectivity index (χ0n) is 10.3. The van der Waals surface area contributed by atoms with Crippen LogP contribution >= 0.6 is 27.5 Å². The maximum atomic E-state index is 12.5. The van der Waals surface area contributed by atoms with Crippen molar-refractivity contribution in [3.8, 4) is 0 Å². The van der Waals surface area contributed by atoms with Crippen molar-refractivity contribution >= 4 is 33.4 Å². The van der Waals surface area contributed by atoms with E-state index in [0.717, 1.165) is 25.8 Å². The lowest BCUT2D eigenvalue weighted by Gasteiger charge is -2.26. The number of aromatic nitrogens is 1. The number of rotatable bonds is 3. The number of hydrogen-bond acceptors (Lipinski definition) is 2. The van der Waals surface area contributed by atoms with E-state index in [1.807, 2.05) is 4.90 Å². The first kappa shape index (κ1) is 13.8. The standard InChI is InChI=1S/C13H16BrClN2O/c1-9(14)7-10-3-2-6-17(10)13(18)11-4-5-16-8-12(11)15/h4-5,8-10H,2-3,6-7H2,1H3. The Morgan fingerprint density at radius 1 is 1.72 bits per heavy atom. The van der Waals surface area contributed by atoms with Gasteiger partial charge in [0, 0.05) is 29.8 Å². The van der Waals surface area contributed by atoms with E-state index in [0.29, 0.717) is 21.5 Å². The van der Waals surface area contributed by atoms with Crippen molar-refractivity contribution in [3.63, 3.8) is 0 Å². The van der Waals surface area contributed by atoms with E-state index in [-0.39, 0.29) is 5.91 Å². The third kappa shape index (κ3) is 3.04. The molecule has 98 valence electrons.